The van der Waals surface area contributed by atoms with Gasteiger partial charge in [-0.1, -0.05) is 48.5 Å². The number of rotatable bonds is 2. The number of nitrogens with zero attached hydrogens (tertiary/aromatic N) is 3. The Kier molecular flexibility index (Phi) is 6.26. The van der Waals surface area contributed by atoms with Crippen LogP contribution in [0.4, 0.5) is 5.69 Å². The molecule has 0 atom stereocenters. The molecule has 3 heteroatoms. The highest BCUT2D eigenvalue weighted by Crippen LogP contribution is 2.52. The molecular formula is C47H29N3. The molecule has 0 spiro atoms. The van der Waals surface area contributed by atoms with Crippen LogP contribution in [-0.2, 0) is 0 Å². The van der Waals surface area contributed by atoms with E-state index in [4.69, 9.17) is 6.57 Å². The van der Waals surface area contributed by atoms with Crippen LogP contribution in [0.25, 0.3) is 92.4 Å². The van der Waals surface area contributed by atoms with Gasteiger partial charge in [0.2, 0.25) is 0 Å². The molecule has 0 saturated heterocycles. The van der Waals surface area contributed by atoms with Gasteiger partial charge in [-0.25, -0.2) is 4.85 Å². The number of fused-ring (bicyclic) bond motifs is 8. The molecule has 1 aliphatic carbocycles. The maximum absolute atomic E-state index is 9.79. The quantitative estimate of drug-likeness (QED) is 0.140. The first-order valence-corrected chi connectivity index (χ1v) is 16.7. The van der Waals surface area contributed by atoms with Crippen molar-refractivity contribution in [2.45, 2.75) is 27.7 Å². The summed E-state index contributed by atoms with van der Waals surface area (Å²) >= 11 is 0. The summed E-state index contributed by atoms with van der Waals surface area (Å²) in [6.07, 6.45) is 0. The Morgan fingerprint density at radius 2 is 0.900 bits per heavy atom. The Bertz CT molecular complexity index is 2940. The van der Waals surface area contributed by atoms with Gasteiger partial charge in [0.05, 0.1) is 29.8 Å². The van der Waals surface area contributed by atoms with E-state index in [9.17, 15) is 10.5 Å². The summed E-state index contributed by atoms with van der Waals surface area (Å²) in [5, 5.41) is 28.7. The van der Waals surface area contributed by atoms with Gasteiger partial charge in [0.15, 0.2) is 5.69 Å². The van der Waals surface area contributed by atoms with Crippen LogP contribution < -0.4 is 0 Å². The van der Waals surface area contributed by atoms with Gasteiger partial charge in [-0.05, 0) is 192 Å². The van der Waals surface area contributed by atoms with Crippen molar-refractivity contribution in [1.82, 2.24) is 0 Å². The van der Waals surface area contributed by atoms with Crippen molar-refractivity contribution >= 4 is 48.8 Å². The largest absolute Gasteiger partial charge is 0.238 e. The van der Waals surface area contributed by atoms with Crippen LogP contribution >= 0.6 is 0 Å². The predicted molar refractivity (Wildman–Crippen MR) is 206 cm³/mol. The van der Waals surface area contributed by atoms with Crippen LogP contribution in [0.15, 0.2) is 103 Å². The lowest BCUT2D eigenvalue weighted by atomic mass is 9.83. The maximum atomic E-state index is 9.79. The lowest BCUT2D eigenvalue weighted by Crippen LogP contribution is -1.96. The van der Waals surface area contributed by atoms with Crippen molar-refractivity contribution < 1.29 is 0 Å². The molecule has 8 aromatic carbocycles. The summed E-state index contributed by atoms with van der Waals surface area (Å²) in [7, 11) is 0. The molecule has 0 heterocycles. The van der Waals surface area contributed by atoms with Crippen LogP contribution in [-0.4, -0.2) is 0 Å². The summed E-state index contributed by atoms with van der Waals surface area (Å²) in [5.41, 5.74) is 15.5. The molecule has 0 fully saturated rings. The van der Waals surface area contributed by atoms with E-state index in [-0.39, 0.29) is 0 Å². The Balaban J connectivity index is 1.50. The Hall–Kier alpha value is -6.73. The molecule has 232 valence electrons. The first-order valence-electron chi connectivity index (χ1n) is 16.7. The molecule has 3 nitrogen and oxygen atoms in total. The standard InChI is InChI=1S/C47H29N3/c1-25-14-29(23-48)15-26(2)45(25)43-22-41-37(33-13-12-32(50-5)18-36(33)43)21-44(46-27(3)16-30(24-49)17-28(46)4)42-20-39-35-11-7-9-31-8-6-10-34(47(31)35)38(39)19-40(41)42/h6-22H,1-4H3. The van der Waals surface area contributed by atoms with Gasteiger partial charge < -0.3 is 0 Å². The fourth-order valence-electron chi connectivity index (χ4n) is 8.71. The van der Waals surface area contributed by atoms with Crippen LogP contribution in [0.5, 0.6) is 0 Å². The van der Waals surface area contributed by atoms with E-state index < -0.39 is 0 Å². The summed E-state index contributed by atoms with van der Waals surface area (Å²) in [6, 6.07) is 41.1. The SMILES string of the molecule is [C-]#[N+]c1ccc2c(c1)c(-c1c(C)cc(C#N)cc1C)cc1c3cc4c(cc3c(-c3c(C)cc(C#N)cc3C)cc21)-c1cccc2cccc-4c12. The molecule has 0 aliphatic heterocycles. The van der Waals surface area contributed by atoms with E-state index in [1.807, 2.05) is 36.4 Å². The van der Waals surface area contributed by atoms with Crippen molar-refractivity contribution in [2.75, 3.05) is 0 Å². The van der Waals surface area contributed by atoms with Gasteiger partial charge in [0, 0.05) is 0 Å². The van der Waals surface area contributed by atoms with Gasteiger partial charge in [-0.2, -0.15) is 10.5 Å². The van der Waals surface area contributed by atoms with Crippen molar-refractivity contribution in [3.05, 3.63) is 148 Å². The predicted octanol–water partition coefficient (Wildman–Crippen LogP) is 12.8. The molecule has 0 unspecified atom stereocenters. The second-order valence-corrected chi connectivity index (χ2v) is 13.6. The molecule has 1 aliphatic rings. The molecule has 9 rings (SSSR count). The molecule has 0 bridgehead atoms. The maximum Gasteiger partial charge on any atom is 0.187 e. The monoisotopic (exact) mass is 635 g/mol. The van der Waals surface area contributed by atoms with Crippen molar-refractivity contribution in [3.63, 3.8) is 0 Å². The zero-order chi connectivity index (χ0) is 34.4. The average Bonchev–Trinajstić information content (AvgIpc) is 3.44. The number of nitriles is 2. The zero-order valence-electron chi connectivity index (χ0n) is 28.2. The number of benzene rings is 8. The lowest BCUT2D eigenvalue weighted by Gasteiger charge is -2.21. The van der Waals surface area contributed by atoms with Crippen molar-refractivity contribution in [2.24, 2.45) is 0 Å². The van der Waals surface area contributed by atoms with Crippen LogP contribution in [0.3, 0.4) is 0 Å². The highest BCUT2D eigenvalue weighted by Gasteiger charge is 2.25. The van der Waals surface area contributed by atoms with E-state index >= 15 is 0 Å². The van der Waals surface area contributed by atoms with Gasteiger partial charge >= 0.3 is 0 Å². The number of hydrogen-bond donors (Lipinski definition) is 0. The first-order chi connectivity index (χ1) is 24.3. The van der Waals surface area contributed by atoms with Crippen LogP contribution in [0, 0.1) is 56.9 Å². The van der Waals surface area contributed by atoms with E-state index in [1.54, 1.807) is 0 Å². The third-order valence-electron chi connectivity index (χ3n) is 10.7. The third-order valence-corrected chi connectivity index (χ3v) is 10.7. The minimum absolute atomic E-state index is 0.588. The summed E-state index contributed by atoms with van der Waals surface area (Å²) in [6.45, 7) is 16.2. The average molecular weight is 636 g/mol. The molecule has 0 N–H and O–H groups in total. The molecule has 50 heavy (non-hydrogen) atoms. The number of hydrogen-bond acceptors (Lipinski definition) is 2. The minimum Gasteiger partial charge on any atom is -0.238 e. The molecular weight excluding hydrogens is 607 g/mol. The first kappa shape index (κ1) is 29.4. The van der Waals surface area contributed by atoms with E-state index in [1.165, 1.54) is 33.0 Å². The smallest absolute Gasteiger partial charge is 0.187 e. The Morgan fingerprint density at radius 1 is 0.460 bits per heavy atom. The van der Waals surface area contributed by atoms with E-state index in [0.717, 1.165) is 76.8 Å². The fraction of sp³-hybridized carbons (Fsp3) is 0.0851. The highest BCUT2D eigenvalue weighted by molar-refractivity contribution is 6.27. The Labute approximate surface area is 290 Å². The van der Waals surface area contributed by atoms with Crippen molar-refractivity contribution in [3.8, 4) is 56.6 Å². The second kappa shape index (κ2) is 10.6. The van der Waals surface area contributed by atoms with Gasteiger partial charge in [-0.3, -0.25) is 0 Å². The normalized spacial score (nSPS) is 11.5. The Morgan fingerprint density at radius 3 is 1.40 bits per heavy atom. The van der Waals surface area contributed by atoms with Gasteiger partial charge in [0.25, 0.3) is 0 Å². The zero-order valence-corrected chi connectivity index (χ0v) is 28.2. The van der Waals surface area contributed by atoms with Gasteiger partial charge in [-0.15, -0.1) is 0 Å². The fourth-order valence-corrected chi connectivity index (χ4v) is 8.71. The lowest BCUT2D eigenvalue weighted by molar-refractivity contribution is 1.35. The topological polar surface area (TPSA) is 51.9 Å². The molecule has 0 radical (unpaired) electrons. The van der Waals surface area contributed by atoms with E-state index in [2.05, 4.69) is 111 Å². The third kappa shape index (κ3) is 4.07. The summed E-state index contributed by atoms with van der Waals surface area (Å²) in [4.78, 5) is 3.82. The summed E-state index contributed by atoms with van der Waals surface area (Å²) < 4.78 is 0. The molecule has 0 amide bonds. The van der Waals surface area contributed by atoms with Crippen molar-refractivity contribution in [1.29, 1.82) is 10.5 Å². The second-order valence-electron chi connectivity index (χ2n) is 13.6. The van der Waals surface area contributed by atoms with E-state index in [0.29, 0.717) is 16.8 Å². The highest BCUT2D eigenvalue weighted by atomic mass is 14.6. The van der Waals surface area contributed by atoms with Crippen LogP contribution in [0.2, 0.25) is 0 Å². The summed E-state index contributed by atoms with van der Waals surface area (Å²) in [5.74, 6) is 0. The van der Waals surface area contributed by atoms with Gasteiger partial charge in [0.1, 0.15) is 0 Å². The molecule has 0 saturated carbocycles. The number of aryl methyl sites for hydroxylation is 4. The van der Waals surface area contributed by atoms with Crippen LogP contribution in [0.1, 0.15) is 33.4 Å². The molecule has 0 aromatic heterocycles. The minimum atomic E-state index is 0.588. The molecule has 8 aromatic rings.